The van der Waals surface area contributed by atoms with E-state index in [1.165, 1.54) is 12.5 Å². The van der Waals surface area contributed by atoms with Gasteiger partial charge in [-0.05, 0) is 37.3 Å². The zero-order valence-corrected chi connectivity index (χ0v) is 11.8. The molecule has 0 aromatic heterocycles. The van der Waals surface area contributed by atoms with Gasteiger partial charge in [-0.2, -0.15) is 0 Å². The Balaban J connectivity index is 2.67. The molecule has 1 rings (SSSR count). The van der Waals surface area contributed by atoms with Crippen LogP contribution < -0.4 is 5.32 Å². The van der Waals surface area contributed by atoms with E-state index >= 15 is 0 Å². The normalized spacial score (nSPS) is 13.7. The van der Waals surface area contributed by atoms with Crippen molar-refractivity contribution in [1.29, 1.82) is 0 Å². The summed E-state index contributed by atoms with van der Waals surface area (Å²) in [6, 6.07) is 6.17. The van der Waals surface area contributed by atoms with E-state index in [9.17, 15) is 9.59 Å². The molecule has 5 nitrogen and oxygen atoms in total. The molecule has 0 heterocycles. The highest BCUT2D eigenvalue weighted by Crippen LogP contribution is 2.13. The minimum Gasteiger partial charge on any atom is -0.480 e. The van der Waals surface area contributed by atoms with Crippen molar-refractivity contribution in [2.75, 3.05) is 0 Å². The van der Waals surface area contributed by atoms with Gasteiger partial charge in [0, 0.05) is 0 Å². The predicted octanol–water partition coefficient (Wildman–Crippen LogP) is 1.70. The van der Waals surface area contributed by atoms with E-state index in [-0.39, 0.29) is 0 Å². The SMILES string of the molecule is CCc1ccccc1CCC(NC(C)C(=O)O)C(=O)O. The lowest BCUT2D eigenvalue weighted by atomic mass is 9.98. The van der Waals surface area contributed by atoms with Gasteiger partial charge < -0.3 is 10.2 Å². The Kier molecular flexibility index (Phi) is 6.18. The standard InChI is InChI=1S/C15H21NO4/c1-3-11-6-4-5-7-12(11)8-9-13(15(19)20)16-10(2)14(17)18/h4-7,10,13,16H,3,8-9H2,1-2H3,(H,17,18)(H,19,20). The molecule has 110 valence electrons. The van der Waals surface area contributed by atoms with E-state index in [1.54, 1.807) is 0 Å². The Morgan fingerprint density at radius 1 is 1.15 bits per heavy atom. The van der Waals surface area contributed by atoms with Crippen LogP contribution in [0.15, 0.2) is 24.3 Å². The number of benzene rings is 1. The molecule has 20 heavy (non-hydrogen) atoms. The monoisotopic (exact) mass is 279 g/mol. The molecule has 0 fully saturated rings. The van der Waals surface area contributed by atoms with E-state index in [0.717, 1.165) is 12.0 Å². The minimum absolute atomic E-state index is 0.365. The largest absolute Gasteiger partial charge is 0.480 e. The van der Waals surface area contributed by atoms with E-state index in [4.69, 9.17) is 10.2 Å². The van der Waals surface area contributed by atoms with Crippen LogP contribution >= 0.6 is 0 Å². The second-order valence-electron chi connectivity index (χ2n) is 4.78. The van der Waals surface area contributed by atoms with Crippen molar-refractivity contribution in [2.45, 2.75) is 45.2 Å². The molecule has 5 heteroatoms. The van der Waals surface area contributed by atoms with Crippen molar-refractivity contribution in [3.8, 4) is 0 Å². The molecule has 0 spiro atoms. The summed E-state index contributed by atoms with van der Waals surface area (Å²) in [5.74, 6) is -2.07. The molecule has 0 bridgehead atoms. The van der Waals surface area contributed by atoms with Crippen molar-refractivity contribution < 1.29 is 19.8 Å². The molecular weight excluding hydrogens is 258 g/mol. The summed E-state index contributed by atoms with van der Waals surface area (Å²) in [6.07, 6.45) is 1.87. The van der Waals surface area contributed by atoms with Gasteiger partial charge in [0.2, 0.25) is 0 Å². The first kappa shape index (κ1) is 16.2. The van der Waals surface area contributed by atoms with Crippen molar-refractivity contribution in [3.63, 3.8) is 0 Å². The fourth-order valence-electron chi connectivity index (χ4n) is 2.10. The zero-order chi connectivity index (χ0) is 15.1. The second-order valence-corrected chi connectivity index (χ2v) is 4.78. The molecule has 1 aromatic carbocycles. The number of hydrogen-bond donors (Lipinski definition) is 3. The molecule has 0 aliphatic carbocycles. The lowest BCUT2D eigenvalue weighted by Crippen LogP contribution is -2.45. The van der Waals surface area contributed by atoms with Crippen molar-refractivity contribution in [1.82, 2.24) is 5.32 Å². The van der Waals surface area contributed by atoms with Crippen LogP contribution in [0.4, 0.5) is 0 Å². The smallest absolute Gasteiger partial charge is 0.320 e. The van der Waals surface area contributed by atoms with Crippen LogP contribution in [-0.4, -0.2) is 34.2 Å². The number of carboxylic acids is 2. The highest BCUT2D eigenvalue weighted by molar-refractivity contribution is 5.77. The Morgan fingerprint density at radius 3 is 2.25 bits per heavy atom. The molecule has 2 atom stereocenters. The van der Waals surface area contributed by atoms with Gasteiger partial charge >= 0.3 is 11.9 Å². The summed E-state index contributed by atoms with van der Waals surface area (Å²) in [5, 5.41) is 20.6. The predicted molar refractivity (Wildman–Crippen MR) is 75.8 cm³/mol. The molecule has 0 radical (unpaired) electrons. The third kappa shape index (κ3) is 4.66. The fourth-order valence-corrected chi connectivity index (χ4v) is 2.10. The average Bonchev–Trinajstić information content (AvgIpc) is 2.42. The van der Waals surface area contributed by atoms with Crippen molar-refractivity contribution in [2.24, 2.45) is 0 Å². The molecule has 0 aliphatic heterocycles. The summed E-state index contributed by atoms with van der Waals surface area (Å²) < 4.78 is 0. The topological polar surface area (TPSA) is 86.6 Å². The third-order valence-corrected chi connectivity index (χ3v) is 3.32. The van der Waals surface area contributed by atoms with Gasteiger partial charge in [0.1, 0.15) is 12.1 Å². The van der Waals surface area contributed by atoms with Gasteiger partial charge in [-0.1, -0.05) is 31.2 Å². The molecular formula is C15H21NO4. The summed E-state index contributed by atoms with van der Waals surface area (Å²) >= 11 is 0. The Labute approximate surface area is 118 Å². The van der Waals surface area contributed by atoms with E-state index in [0.29, 0.717) is 12.8 Å². The summed E-state index contributed by atoms with van der Waals surface area (Å²) in [6.45, 7) is 3.50. The quantitative estimate of drug-likeness (QED) is 0.674. The molecule has 0 saturated heterocycles. The van der Waals surface area contributed by atoms with Crippen LogP contribution in [0, 0.1) is 0 Å². The minimum atomic E-state index is -1.05. The highest BCUT2D eigenvalue weighted by atomic mass is 16.4. The Morgan fingerprint density at radius 2 is 1.75 bits per heavy atom. The van der Waals surface area contributed by atoms with Gasteiger partial charge in [-0.25, -0.2) is 0 Å². The summed E-state index contributed by atoms with van der Waals surface area (Å²) in [5.41, 5.74) is 2.31. The van der Waals surface area contributed by atoms with Crippen molar-refractivity contribution >= 4 is 11.9 Å². The van der Waals surface area contributed by atoms with Crippen LogP contribution in [0.25, 0.3) is 0 Å². The van der Waals surface area contributed by atoms with Gasteiger partial charge in [0.15, 0.2) is 0 Å². The van der Waals surface area contributed by atoms with Gasteiger partial charge in [-0.3, -0.25) is 14.9 Å². The number of rotatable bonds is 8. The number of aryl methyl sites for hydroxylation is 2. The van der Waals surface area contributed by atoms with Crippen LogP contribution in [-0.2, 0) is 22.4 Å². The molecule has 0 amide bonds. The van der Waals surface area contributed by atoms with Gasteiger partial charge in [0.25, 0.3) is 0 Å². The Hall–Kier alpha value is -1.88. The summed E-state index contributed by atoms with van der Waals surface area (Å²) in [7, 11) is 0. The number of aliphatic carboxylic acids is 2. The Bertz CT molecular complexity index is 473. The number of carboxylic acid groups (broad SMARTS) is 2. The van der Waals surface area contributed by atoms with Crippen LogP contribution in [0.5, 0.6) is 0 Å². The maximum absolute atomic E-state index is 11.2. The first-order chi connectivity index (χ1) is 9.45. The molecule has 2 unspecified atom stereocenters. The lowest BCUT2D eigenvalue weighted by Gasteiger charge is -2.18. The highest BCUT2D eigenvalue weighted by Gasteiger charge is 2.22. The second kappa shape index (κ2) is 7.65. The molecule has 3 N–H and O–H groups in total. The molecule has 1 aromatic rings. The van der Waals surface area contributed by atoms with Gasteiger partial charge in [-0.15, -0.1) is 0 Å². The third-order valence-electron chi connectivity index (χ3n) is 3.32. The average molecular weight is 279 g/mol. The fraction of sp³-hybridized carbons (Fsp3) is 0.467. The van der Waals surface area contributed by atoms with E-state index < -0.39 is 24.0 Å². The van der Waals surface area contributed by atoms with Crippen LogP contribution in [0.1, 0.15) is 31.4 Å². The maximum Gasteiger partial charge on any atom is 0.320 e. The van der Waals surface area contributed by atoms with Crippen LogP contribution in [0.2, 0.25) is 0 Å². The first-order valence-corrected chi connectivity index (χ1v) is 6.74. The summed E-state index contributed by atoms with van der Waals surface area (Å²) in [4.78, 5) is 22.0. The van der Waals surface area contributed by atoms with Crippen LogP contribution in [0.3, 0.4) is 0 Å². The molecule has 0 saturated carbocycles. The maximum atomic E-state index is 11.2. The lowest BCUT2D eigenvalue weighted by molar-refractivity contribution is -0.142. The number of hydrogen-bond acceptors (Lipinski definition) is 3. The van der Waals surface area contributed by atoms with Crippen molar-refractivity contribution in [3.05, 3.63) is 35.4 Å². The number of nitrogens with one attached hydrogen (secondary N) is 1. The zero-order valence-electron chi connectivity index (χ0n) is 11.8. The van der Waals surface area contributed by atoms with E-state index in [2.05, 4.69) is 12.2 Å². The first-order valence-electron chi connectivity index (χ1n) is 6.74. The van der Waals surface area contributed by atoms with E-state index in [1.807, 2.05) is 24.3 Å². The molecule has 0 aliphatic rings. The van der Waals surface area contributed by atoms with Gasteiger partial charge in [0.05, 0.1) is 0 Å². The number of carbonyl (C=O) groups is 2.